The lowest BCUT2D eigenvalue weighted by Crippen LogP contribution is -2.40. The standard InChI is InChI=1S/C26H43N6OP3/c1-16-6-17(31-5-3-4-27-14-31)7-21(16)35-24-10-19(33)11-25(24)36-23-9-18(8-22(23)34-2)32-15-30-20-12-28-13-29-26(20)32/h3,5,13,15-19,21-25,27,33-36H,4,6-12,14H2,1-2H3,(H,28,29)/t16-,17?,18?,19?,21?,22?,23?,24?,25?/m0/s1. The van der Waals surface area contributed by atoms with E-state index in [1.807, 2.05) is 12.7 Å². The van der Waals surface area contributed by atoms with Crippen molar-refractivity contribution < 1.29 is 5.11 Å². The average Bonchev–Trinajstić information content (AvgIpc) is 3.66. The Balaban J connectivity index is 1.09. The number of fused-ring (bicyclic) bond motifs is 1. The second-order valence-corrected chi connectivity index (χ2v) is 16.5. The topological polar surface area (TPSA) is 77.7 Å². The maximum absolute atomic E-state index is 10.7. The summed E-state index contributed by atoms with van der Waals surface area (Å²) >= 11 is 0. The van der Waals surface area contributed by atoms with E-state index in [9.17, 15) is 5.11 Å². The van der Waals surface area contributed by atoms with Crippen molar-refractivity contribution in [3.05, 3.63) is 24.3 Å². The lowest BCUT2D eigenvalue weighted by molar-refractivity contribution is 0.184. The molecule has 12 atom stereocenters. The molecule has 0 spiro atoms. The van der Waals surface area contributed by atoms with E-state index >= 15 is 0 Å². The maximum Gasteiger partial charge on any atom is 0.136 e. The maximum atomic E-state index is 10.7. The van der Waals surface area contributed by atoms with Gasteiger partial charge in [-0.25, -0.2) is 4.98 Å². The van der Waals surface area contributed by atoms with Crippen molar-refractivity contribution in [2.75, 3.05) is 25.2 Å². The molecule has 11 unspecified atom stereocenters. The number of aliphatic imine (C=N–C) groups is 1. The number of nitrogens with one attached hydrogen (secondary N) is 2. The van der Waals surface area contributed by atoms with Gasteiger partial charge in [-0.2, -0.15) is 0 Å². The molecule has 6 rings (SSSR count). The predicted molar refractivity (Wildman–Crippen MR) is 157 cm³/mol. The highest BCUT2D eigenvalue weighted by atomic mass is 31.1. The van der Waals surface area contributed by atoms with E-state index in [0.717, 1.165) is 97.5 Å². The minimum atomic E-state index is -0.0781. The highest BCUT2D eigenvalue weighted by molar-refractivity contribution is 7.46. The Morgan fingerprint density at radius 2 is 1.72 bits per heavy atom. The van der Waals surface area contributed by atoms with Gasteiger partial charge in [0.15, 0.2) is 0 Å². The molecule has 36 heavy (non-hydrogen) atoms. The molecule has 198 valence electrons. The summed E-state index contributed by atoms with van der Waals surface area (Å²) in [7, 11) is 3.01. The minimum Gasteiger partial charge on any atom is -0.393 e. The van der Waals surface area contributed by atoms with Crippen LogP contribution in [0.15, 0.2) is 23.6 Å². The van der Waals surface area contributed by atoms with Gasteiger partial charge in [0.1, 0.15) is 11.5 Å². The molecule has 10 heteroatoms. The van der Waals surface area contributed by atoms with E-state index in [0.29, 0.717) is 18.6 Å². The number of imidazole rings is 1. The van der Waals surface area contributed by atoms with E-state index < -0.39 is 0 Å². The van der Waals surface area contributed by atoms with Crippen molar-refractivity contribution in [3.63, 3.8) is 0 Å². The summed E-state index contributed by atoms with van der Waals surface area (Å²) in [5, 5.41) is 17.6. The fourth-order valence-corrected chi connectivity index (χ4v) is 14.1. The fraction of sp³-hybridized carbons (Fsp3) is 0.769. The zero-order chi connectivity index (χ0) is 24.6. The van der Waals surface area contributed by atoms with Crippen molar-refractivity contribution in [1.29, 1.82) is 0 Å². The molecule has 0 bridgehead atoms. The largest absolute Gasteiger partial charge is 0.393 e. The minimum absolute atomic E-state index is 0.0781. The van der Waals surface area contributed by atoms with Crippen molar-refractivity contribution in [2.24, 2.45) is 10.9 Å². The third-order valence-electron chi connectivity index (χ3n) is 9.28. The Morgan fingerprint density at radius 3 is 2.50 bits per heavy atom. The van der Waals surface area contributed by atoms with Gasteiger partial charge in [0.25, 0.3) is 0 Å². The van der Waals surface area contributed by atoms with Crippen LogP contribution in [0, 0.1) is 5.92 Å². The molecule has 3 N–H and O–H groups in total. The summed E-state index contributed by atoms with van der Waals surface area (Å²) in [6.45, 7) is 7.59. The van der Waals surface area contributed by atoms with Crippen molar-refractivity contribution in [1.82, 2.24) is 19.8 Å². The molecule has 0 radical (unpaired) electrons. The first-order valence-electron chi connectivity index (χ1n) is 13.9. The lowest BCUT2D eigenvalue weighted by Gasteiger charge is -2.31. The second kappa shape index (κ2) is 11.3. The summed E-state index contributed by atoms with van der Waals surface area (Å²) in [6.07, 6.45) is 15.7. The molecule has 0 amide bonds. The van der Waals surface area contributed by atoms with Crippen LogP contribution in [0.5, 0.6) is 0 Å². The van der Waals surface area contributed by atoms with E-state index in [4.69, 9.17) is 0 Å². The summed E-state index contributed by atoms with van der Waals surface area (Å²) in [5.41, 5.74) is 4.99. The molecule has 7 nitrogen and oxygen atoms in total. The molecular weight excluding hydrogens is 505 g/mol. The summed E-state index contributed by atoms with van der Waals surface area (Å²) < 4.78 is 2.41. The lowest BCUT2D eigenvalue weighted by atomic mass is 10.1. The molecule has 0 saturated heterocycles. The van der Waals surface area contributed by atoms with Crippen LogP contribution in [0.1, 0.15) is 57.2 Å². The van der Waals surface area contributed by atoms with Gasteiger partial charge >= 0.3 is 0 Å². The van der Waals surface area contributed by atoms with Gasteiger partial charge in [0.05, 0.1) is 32.0 Å². The SMILES string of the molecule is CPC1CC(n2cnc3c2NC=NC3)CC1PC1CC(O)CC1PC1CC(N2C=CCNC2)C[C@@H]1C. The van der Waals surface area contributed by atoms with Crippen LogP contribution >= 0.6 is 25.7 Å². The Labute approximate surface area is 221 Å². The van der Waals surface area contributed by atoms with E-state index in [2.05, 4.69) is 55.9 Å². The summed E-state index contributed by atoms with van der Waals surface area (Å²) in [4.78, 5) is 11.5. The molecule has 3 heterocycles. The van der Waals surface area contributed by atoms with Crippen LogP contribution in [-0.2, 0) is 6.54 Å². The van der Waals surface area contributed by atoms with Gasteiger partial charge < -0.3 is 19.9 Å². The third kappa shape index (κ3) is 5.30. The first-order valence-corrected chi connectivity index (χ1v) is 17.8. The first kappa shape index (κ1) is 25.7. The number of aliphatic hydroxyl groups excluding tert-OH is 1. The highest BCUT2D eigenvalue weighted by Gasteiger charge is 2.43. The molecule has 1 aromatic rings. The molecule has 5 aliphatic rings. The predicted octanol–water partition coefficient (Wildman–Crippen LogP) is 4.01. The number of hydrogen-bond donors (Lipinski definition) is 3. The summed E-state index contributed by atoms with van der Waals surface area (Å²) in [6, 6.07) is 1.24. The van der Waals surface area contributed by atoms with Gasteiger partial charge in [0, 0.05) is 18.6 Å². The Kier molecular flexibility index (Phi) is 8.04. The number of hydrogen-bond acceptors (Lipinski definition) is 6. The molecular formula is C26H43N6OP3. The first-order chi connectivity index (χ1) is 17.6. The van der Waals surface area contributed by atoms with Gasteiger partial charge in [-0.1, -0.05) is 13.0 Å². The molecule has 2 aliphatic heterocycles. The van der Waals surface area contributed by atoms with Gasteiger partial charge in [-0.15, -0.1) is 25.7 Å². The number of rotatable bonds is 7. The van der Waals surface area contributed by atoms with Crippen LogP contribution in [-0.4, -0.2) is 86.2 Å². The highest BCUT2D eigenvalue weighted by Crippen LogP contribution is 2.56. The van der Waals surface area contributed by atoms with Crippen LogP contribution in [0.3, 0.4) is 0 Å². The molecule has 0 aromatic carbocycles. The third-order valence-corrected chi connectivity index (χ3v) is 15.8. The quantitative estimate of drug-likeness (QED) is 0.449. The van der Waals surface area contributed by atoms with Crippen LogP contribution in [0.25, 0.3) is 0 Å². The monoisotopic (exact) mass is 548 g/mol. The number of nitrogens with zero attached hydrogens (tertiary/aromatic N) is 4. The fourth-order valence-electron chi connectivity index (χ4n) is 7.35. The van der Waals surface area contributed by atoms with Crippen LogP contribution in [0.2, 0.25) is 0 Å². The average molecular weight is 549 g/mol. The van der Waals surface area contributed by atoms with E-state index in [1.165, 1.54) is 25.7 Å². The Bertz CT molecular complexity index is 971. The van der Waals surface area contributed by atoms with Crippen molar-refractivity contribution in [2.45, 2.75) is 98.5 Å². The van der Waals surface area contributed by atoms with E-state index in [-0.39, 0.29) is 6.10 Å². The smallest absolute Gasteiger partial charge is 0.136 e. The number of aromatic nitrogens is 2. The summed E-state index contributed by atoms with van der Waals surface area (Å²) in [5.74, 6) is 1.96. The van der Waals surface area contributed by atoms with Crippen LogP contribution < -0.4 is 10.6 Å². The van der Waals surface area contributed by atoms with Crippen molar-refractivity contribution >= 4 is 37.9 Å². The molecule has 3 aliphatic carbocycles. The van der Waals surface area contributed by atoms with Crippen molar-refractivity contribution in [3.8, 4) is 0 Å². The van der Waals surface area contributed by atoms with Gasteiger partial charge in [0.2, 0.25) is 0 Å². The zero-order valence-electron chi connectivity index (χ0n) is 21.6. The van der Waals surface area contributed by atoms with Crippen LogP contribution in [0.4, 0.5) is 5.82 Å². The number of aliphatic hydroxyl groups is 1. The normalized spacial score (nSPS) is 41.1. The van der Waals surface area contributed by atoms with Gasteiger partial charge in [-0.05, 0) is 85.6 Å². The van der Waals surface area contributed by atoms with Gasteiger partial charge in [-0.3, -0.25) is 10.3 Å². The van der Waals surface area contributed by atoms with E-state index in [1.54, 1.807) is 0 Å². The Hall–Kier alpha value is -0.570. The zero-order valence-corrected chi connectivity index (χ0v) is 24.6. The number of anilines is 1. The second-order valence-electron chi connectivity index (χ2n) is 11.6. The molecule has 3 fully saturated rings. The molecule has 1 aromatic heterocycles. The molecule has 3 saturated carbocycles. The Morgan fingerprint density at radius 1 is 0.972 bits per heavy atom.